The Bertz CT molecular complexity index is 403. The summed E-state index contributed by atoms with van der Waals surface area (Å²) in [6, 6.07) is 4.28. The van der Waals surface area contributed by atoms with Gasteiger partial charge in [-0.2, -0.15) is 0 Å². The molecule has 1 aromatic carbocycles. The van der Waals surface area contributed by atoms with E-state index in [0.717, 1.165) is 19.2 Å². The third-order valence-corrected chi connectivity index (χ3v) is 3.91. The van der Waals surface area contributed by atoms with Crippen LogP contribution >= 0.6 is 0 Å². The Morgan fingerprint density at radius 1 is 1.26 bits per heavy atom. The van der Waals surface area contributed by atoms with Crippen LogP contribution in [0.4, 0.5) is 8.78 Å². The number of benzene rings is 1. The number of hydrogen-bond donors (Lipinski definition) is 1. The Balaban J connectivity index is 1.70. The molecule has 0 aromatic heterocycles. The van der Waals surface area contributed by atoms with Gasteiger partial charge in [0.2, 0.25) is 0 Å². The number of likely N-dealkylation sites (N-methyl/N-ethyl adjacent to an activating group) is 1. The molecule has 1 fully saturated rings. The molecular weight excluding hydrogens is 246 g/mol. The maximum Gasteiger partial charge on any atom is 0.127 e. The van der Waals surface area contributed by atoms with Gasteiger partial charge in [0.05, 0.1) is 0 Å². The molecule has 1 saturated carbocycles. The van der Waals surface area contributed by atoms with Crippen molar-refractivity contribution in [1.29, 1.82) is 0 Å². The molecule has 0 spiro atoms. The third-order valence-electron chi connectivity index (χ3n) is 3.91. The van der Waals surface area contributed by atoms with E-state index in [1.54, 1.807) is 0 Å². The van der Waals surface area contributed by atoms with E-state index in [-0.39, 0.29) is 11.6 Å². The molecule has 1 N–H and O–H groups in total. The predicted octanol–water partition coefficient (Wildman–Crippen LogP) is 2.93. The lowest BCUT2D eigenvalue weighted by atomic mass is 10.2. The van der Waals surface area contributed by atoms with Crippen molar-refractivity contribution in [2.24, 2.45) is 0 Å². The van der Waals surface area contributed by atoms with Crippen LogP contribution in [0.3, 0.4) is 0 Å². The van der Waals surface area contributed by atoms with Crippen LogP contribution < -0.4 is 5.32 Å². The van der Waals surface area contributed by atoms with Gasteiger partial charge >= 0.3 is 0 Å². The van der Waals surface area contributed by atoms with E-state index < -0.39 is 0 Å². The van der Waals surface area contributed by atoms with Gasteiger partial charge in [-0.05, 0) is 38.1 Å². The van der Waals surface area contributed by atoms with Crippen molar-refractivity contribution in [1.82, 2.24) is 10.2 Å². The largest absolute Gasteiger partial charge is 0.311 e. The molecule has 2 nitrogen and oxygen atoms in total. The lowest BCUT2D eigenvalue weighted by molar-refractivity contribution is 0.245. The Morgan fingerprint density at radius 2 is 2.00 bits per heavy atom. The first-order valence-electron chi connectivity index (χ1n) is 7.01. The van der Waals surface area contributed by atoms with Gasteiger partial charge in [0, 0.05) is 31.2 Å². The van der Waals surface area contributed by atoms with Crippen molar-refractivity contribution in [3.8, 4) is 0 Å². The maximum absolute atomic E-state index is 13.4. The van der Waals surface area contributed by atoms with E-state index in [4.69, 9.17) is 0 Å². The molecular formula is C15H22F2N2. The van der Waals surface area contributed by atoms with E-state index in [1.165, 1.54) is 37.8 Å². The Morgan fingerprint density at radius 3 is 2.74 bits per heavy atom. The van der Waals surface area contributed by atoms with Crippen molar-refractivity contribution >= 4 is 0 Å². The summed E-state index contributed by atoms with van der Waals surface area (Å²) < 4.78 is 26.4. The maximum atomic E-state index is 13.4. The Kier molecular flexibility index (Phi) is 5.28. The first kappa shape index (κ1) is 14.4. The van der Waals surface area contributed by atoms with Crippen molar-refractivity contribution in [2.45, 2.75) is 38.3 Å². The van der Waals surface area contributed by atoms with E-state index in [2.05, 4.69) is 17.3 Å². The Labute approximate surface area is 113 Å². The zero-order valence-electron chi connectivity index (χ0n) is 11.5. The predicted molar refractivity (Wildman–Crippen MR) is 73.0 cm³/mol. The molecule has 0 radical (unpaired) electrons. The summed E-state index contributed by atoms with van der Waals surface area (Å²) >= 11 is 0. The summed E-state index contributed by atoms with van der Waals surface area (Å²) in [5.74, 6) is -0.737. The summed E-state index contributed by atoms with van der Waals surface area (Å²) in [6.45, 7) is 2.12. The molecule has 0 unspecified atom stereocenters. The SMILES string of the molecule is CN(CCNCc1cc(F)ccc1F)C1CCCC1. The number of nitrogens with one attached hydrogen (secondary N) is 1. The van der Waals surface area contributed by atoms with E-state index in [0.29, 0.717) is 18.2 Å². The van der Waals surface area contributed by atoms with E-state index >= 15 is 0 Å². The fraction of sp³-hybridized carbons (Fsp3) is 0.600. The van der Waals surface area contributed by atoms with Gasteiger partial charge < -0.3 is 10.2 Å². The monoisotopic (exact) mass is 268 g/mol. The van der Waals surface area contributed by atoms with Gasteiger partial charge in [-0.3, -0.25) is 0 Å². The van der Waals surface area contributed by atoms with Gasteiger partial charge in [-0.1, -0.05) is 12.8 Å². The second kappa shape index (κ2) is 6.96. The molecule has 0 atom stereocenters. The van der Waals surface area contributed by atoms with Crippen LogP contribution in [0.25, 0.3) is 0 Å². The topological polar surface area (TPSA) is 15.3 Å². The molecule has 0 aliphatic heterocycles. The zero-order chi connectivity index (χ0) is 13.7. The minimum Gasteiger partial charge on any atom is -0.311 e. The molecule has 0 amide bonds. The third kappa shape index (κ3) is 4.25. The van der Waals surface area contributed by atoms with Crippen LogP contribution in [0, 0.1) is 11.6 Å². The lowest BCUT2D eigenvalue weighted by Crippen LogP contribution is -2.35. The van der Waals surface area contributed by atoms with Crippen molar-refractivity contribution in [2.75, 3.05) is 20.1 Å². The lowest BCUT2D eigenvalue weighted by Gasteiger charge is -2.24. The molecule has 0 saturated heterocycles. The normalized spacial score (nSPS) is 16.4. The van der Waals surface area contributed by atoms with E-state index in [9.17, 15) is 8.78 Å². The van der Waals surface area contributed by atoms with E-state index in [1.807, 2.05) is 0 Å². The summed E-state index contributed by atoms with van der Waals surface area (Å²) in [4.78, 5) is 2.36. The number of rotatable bonds is 6. The van der Waals surface area contributed by atoms with Gasteiger partial charge in [0.25, 0.3) is 0 Å². The standard InChI is InChI=1S/C15H22F2N2/c1-19(14-4-2-3-5-14)9-8-18-11-12-10-13(16)6-7-15(12)17/h6-7,10,14,18H,2-5,8-9,11H2,1H3. The van der Waals surface area contributed by atoms with Crippen LogP contribution in [-0.2, 0) is 6.54 Å². The van der Waals surface area contributed by atoms with Gasteiger partial charge in [-0.25, -0.2) is 8.78 Å². The molecule has 0 heterocycles. The molecule has 106 valence electrons. The number of nitrogens with zero attached hydrogens (tertiary/aromatic N) is 1. The average molecular weight is 268 g/mol. The molecule has 1 aliphatic carbocycles. The molecule has 0 bridgehead atoms. The molecule has 1 aliphatic rings. The molecule has 2 rings (SSSR count). The minimum atomic E-state index is -0.388. The van der Waals surface area contributed by atoms with Crippen molar-refractivity contribution < 1.29 is 8.78 Å². The summed E-state index contributed by atoms with van der Waals surface area (Å²) in [5.41, 5.74) is 0.392. The van der Waals surface area contributed by atoms with Crippen LogP contribution in [0.5, 0.6) is 0 Å². The zero-order valence-corrected chi connectivity index (χ0v) is 11.5. The highest BCUT2D eigenvalue weighted by Crippen LogP contribution is 2.21. The van der Waals surface area contributed by atoms with Gasteiger partial charge in [-0.15, -0.1) is 0 Å². The van der Waals surface area contributed by atoms with Gasteiger partial charge in [0.1, 0.15) is 11.6 Å². The first-order valence-corrected chi connectivity index (χ1v) is 7.01. The Hall–Kier alpha value is -1.00. The summed E-state index contributed by atoms with van der Waals surface area (Å²) in [6.07, 6.45) is 5.23. The van der Waals surface area contributed by atoms with Crippen LogP contribution in [0.2, 0.25) is 0 Å². The molecule has 1 aromatic rings. The highest BCUT2D eigenvalue weighted by molar-refractivity contribution is 5.18. The van der Waals surface area contributed by atoms with Crippen molar-refractivity contribution in [3.63, 3.8) is 0 Å². The van der Waals surface area contributed by atoms with Crippen LogP contribution in [-0.4, -0.2) is 31.1 Å². The first-order chi connectivity index (χ1) is 9.16. The van der Waals surface area contributed by atoms with Crippen LogP contribution in [0.1, 0.15) is 31.2 Å². The van der Waals surface area contributed by atoms with Crippen LogP contribution in [0.15, 0.2) is 18.2 Å². The summed E-state index contributed by atoms with van der Waals surface area (Å²) in [7, 11) is 2.14. The quantitative estimate of drug-likeness (QED) is 0.798. The number of hydrogen-bond acceptors (Lipinski definition) is 2. The molecule has 4 heteroatoms. The highest BCUT2D eigenvalue weighted by Gasteiger charge is 2.18. The fourth-order valence-corrected chi connectivity index (χ4v) is 2.68. The minimum absolute atomic E-state index is 0.349. The fourth-order valence-electron chi connectivity index (χ4n) is 2.68. The summed E-state index contributed by atoms with van der Waals surface area (Å²) in [5, 5.41) is 3.18. The number of halogens is 2. The smallest absolute Gasteiger partial charge is 0.127 e. The molecule has 19 heavy (non-hydrogen) atoms. The second-order valence-corrected chi connectivity index (χ2v) is 5.33. The van der Waals surface area contributed by atoms with Crippen molar-refractivity contribution in [3.05, 3.63) is 35.4 Å². The van der Waals surface area contributed by atoms with Gasteiger partial charge in [0.15, 0.2) is 0 Å². The second-order valence-electron chi connectivity index (χ2n) is 5.33. The highest BCUT2D eigenvalue weighted by atomic mass is 19.1. The average Bonchev–Trinajstić information content (AvgIpc) is 2.92.